The lowest BCUT2D eigenvalue weighted by atomic mass is 9.77. The minimum Gasteiger partial charge on any atom is -0.400 e. The predicted octanol–water partition coefficient (Wildman–Crippen LogP) is 3.62. The van der Waals surface area contributed by atoms with E-state index in [1.807, 2.05) is 40.8 Å². The second-order valence-corrected chi connectivity index (χ2v) is 7.10. The number of pyridine rings is 1. The Morgan fingerprint density at radius 3 is 2.36 bits per heavy atom. The molecule has 22 heavy (non-hydrogen) atoms. The van der Waals surface area contributed by atoms with Crippen molar-refractivity contribution in [2.45, 2.75) is 38.9 Å². The van der Waals surface area contributed by atoms with E-state index in [0.717, 1.165) is 5.47 Å². The zero-order chi connectivity index (χ0) is 16.5. The third-order valence-corrected chi connectivity index (χ3v) is 4.79. The van der Waals surface area contributed by atoms with Crippen molar-refractivity contribution in [3.63, 3.8) is 0 Å². The number of aromatic nitrogens is 1. The molecule has 0 aromatic carbocycles. The second-order valence-electron chi connectivity index (χ2n) is 6.34. The molecule has 2 heterocycles. The lowest BCUT2D eigenvalue weighted by Crippen LogP contribution is -2.41. The van der Waals surface area contributed by atoms with Crippen LogP contribution in [-0.2, 0) is 9.31 Å². The van der Waals surface area contributed by atoms with Crippen LogP contribution in [0.5, 0.6) is 0 Å². The standard InChI is InChI=1S/C15H21BCl2N2O2/c1-14(2)15(3,4)22-16(21-14)10(9-19-5)8-11-12(17)6-7-20-13(11)18/h6-8,19H,9H2,1-5H3. The fourth-order valence-electron chi connectivity index (χ4n) is 2.14. The molecule has 120 valence electrons. The Hall–Kier alpha value is -0.585. The first-order chi connectivity index (χ1) is 10.2. The largest absolute Gasteiger partial charge is 0.491 e. The van der Waals surface area contributed by atoms with Crippen LogP contribution in [0.15, 0.2) is 17.7 Å². The summed E-state index contributed by atoms with van der Waals surface area (Å²) >= 11 is 12.4. The van der Waals surface area contributed by atoms with Gasteiger partial charge in [0, 0.05) is 18.3 Å². The molecule has 1 aliphatic rings. The summed E-state index contributed by atoms with van der Waals surface area (Å²) in [6.07, 6.45) is 3.46. The number of nitrogens with one attached hydrogen (secondary N) is 1. The van der Waals surface area contributed by atoms with E-state index in [2.05, 4.69) is 10.3 Å². The van der Waals surface area contributed by atoms with Crippen LogP contribution in [0.3, 0.4) is 0 Å². The van der Waals surface area contributed by atoms with Gasteiger partial charge in [0.2, 0.25) is 0 Å². The molecule has 0 spiro atoms. The van der Waals surface area contributed by atoms with Crippen molar-refractivity contribution in [1.29, 1.82) is 0 Å². The van der Waals surface area contributed by atoms with Crippen molar-refractivity contribution in [2.24, 2.45) is 0 Å². The normalized spacial score (nSPS) is 20.5. The molecule has 2 rings (SSSR count). The average Bonchev–Trinajstić information content (AvgIpc) is 2.61. The maximum Gasteiger partial charge on any atom is 0.491 e. The van der Waals surface area contributed by atoms with Gasteiger partial charge in [0.05, 0.1) is 16.2 Å². The van der Waals surface area contributed by atoms with E-state index in [9.17, 15) is 0 Å². The van der Waals surface area contributed by atoms with Gasteiger partial charge in [-0.25, -0.2) is 4.98 Å². The first kappa shape index (κ1) is 17.8. The maximum atomic E-state index is 6.22. The van der Waals surface area contributed by atoms with Crippen LogP contribution >= 0.6 is 23.2 Å². The van der Waals surface area contributed by atoms with Gasteiger partial charge >= 0.3 is 7.12 Å². The Bertz CT molecular complexity index is 555. The molecule has 0 aliphatic carbocycles. The molecule has 0 radical (unpaired) electrons. The fourth-order valence-corrected chi connectivity index (χ4v) is 2.60. The quantitative estimate of drug-likeness (QED) is 0.670. The van der Waals surface area contributed by atoms with Gasteiger partial charge in [-0.1, -0.05) is 29.3 Å². The monoisotopic (exact) mass is 342 g/mol. The van der Waals surface area contributed by atoms with Crippen LogP contribution in [0, 0.1) is 0 Å². The van der Waals surface area contributed by atoms with Crippen molar-refractivity contribution in [3.05, 3.63) is 33.5 Å². The molecule has 0 bridgehead atoms. The number of nitrogens with zero attached hydrogens (tertiary/aromatic N) is 1. The number of likely N-dealkylation sites (N-methyl/N-ethyl adjacent to an activating group) is 1. The molecule has 0 amide bonds. The molecule has 1 aliphatic heterocycles. The number of hydrogen-bond donors (Lipinski definition) is 1. The summed E-state index contributed by atoms with van der Waals surface area (Å²) < 4.78 is 12.2. The van der Waals surface area contributed by atoms with Gasteiger partial charge in [0.15, 0.2) is 0 Å². The summed E-state index contributed by atoms with van der Waals surface area (Å²) in [5, 5.41) is 4.03. The zero-order valence-electron chi connectivity index (χ0n) is 13.5. The molecule has 1 aromatic heterocycles. The van der Waals surface area contributed by atoms with Crippen LogP contribution in [0.2, 0.25) is 10.2 Å². The van der Waals surface area contributed by atoms with Crippen molar-refractivity contribution >= 4 is 36.4 Å². The molecule has 0 saturated carbocycles. The lowest BCUT2D eigenvalue weighted by molar-refractivity contribution is 0.00578. The van der Waals surface area contributed by atoms with Crippen molar-refractivity contribution in [2.75, 3.05) is 13.6 Å². The lowest BCUT2D eigenvalue weighted by Gasteiger charge is -2.32. The van der Waals surface area contributed by atoms with Gasteiger partial charge in [-0.05, 0) is 46.3 Å². The van der Waals surface area contributed by atoms with Gasteiger partial charge in [-0.15, -0.1) is 0 Å². The molecule has 1 fully saturated rings. The van der Waals surface area contributed by atoms with E-state index in [1.165, 1.54) is 0 Å². The van der Waals surface area contributed by atoms with E-state index < -0.39 is 18.3 Å². The summed E-state index contributed by atoms with van der Waals surface area (Å²) in [7, 11) is 1.41. The molecule has 4 nitrogen and oxygen atoms in total. The molecule has 1 aromatic rings. The van der Waals surface area contributed by atoms with Crippen LogP contribution in [0.25, 0.3) is 6.08 Å². The van der Waals surface area contributed by atoms with Crippen molar-refractivity contribution in [1.82, 2.24) is 10.3 Å². The van der Waals surface area contributed by atoms with E-state index in [1.54, 1.807) is 12.3 Å². The molecule has 0 unspecified atom stereocenters. The topological polar surface area (TPSA) is 43.4 Å². The smallest absolute Gasteiger partial charge is 0.400 e. The predicted molar refractivity (Wildman–Crippen MR) is 92.2 cm³/mol. The van der Waals surface area contributed by atoms with E-state index in [4.69, 9.17) is 32.5 Å². The van der Waals surface area contributed by atoms with Gasteiger partial charge in [0.1, 0.15) is 5.15 Å². The van der Waals surface area contributed by atoms with E-state index >= 15 is 0 Å². The highest BCUT2D eigenvalue weighted by Crippen LogP contribution is 2.39. The maximum absolute atomic E-state index is 6.22. The number of rotatable bonds is 4. The Morgan fingerprint density at radius 2 is 1.86 bits per heavy atom. The zero-order valence-corrected chi connectivity index (χ0v) is 15.0. The molecular formula is C15H21BCl2N2O2. The average molecular weight is 343 g/mol. The van der Waals surface area contributed by atoms with Crippen LogP contribution in [-0.4, -0.2) is 36.9 Å². The van der Waals surface area contributed by atoms with Gasteiger partial charge in [-0.3, -0.25) is 0 Å². The molecular weight excluding hydrogens is 322 g/mol. The first-order valence-electron chi connectivity index (χ1n) is 7.18. The van der Waals surface area contributed by atoms with E-state index in [-0.39, 0.29) is 0 Å². The summed E-state index contributed by atoms with van der Waals surface area (Å²) in [5.74, 6) is 0. The third kappa shape index (κ3) is 3.49. The Balaban J connectivity index is 2.38. The van der Waals surface area contributed by atoms with Crippen LogP contribution < -0.4 is 5.32 Å². The third-order valence-electron chi connectivity index (χ3n) is 4.15. The highest BCUT2D eigenvalue weighted by Gasteiger charge is 2.52. The summed E-state index contributed by atoms with van der Waals surface area (Å²) in [4.78, 5) is 4.07. The fraction of sp³-hybridized carbons (Fsp3) is 0.533. The van der Waals surface area contributed by atoms with Gasteiger partial charge in [0.25, 0.3) is 0 Å². The van der Waals surface area contributed by atoms with Crippen molar-refractivity contribution in [3.8, 4) is 0 Å². The molecule has 0 atom stereocenters. The van der Waals surface area contributed by atoms with E-state index in [0.29, 0.717) is 22.3 Å². The highest BCUT2D eigenvalue weighted by atomic mass is 35.5. The Morgan fingerprint density at radius 1 is 1.27 bits per heavy atom. The minimum atomic E-state index is -0.454. The highest BCUT2D eigenvalue weighted by molar-refractivity contribution is 6.56. The molecule has 1 N–H and O–H groups in total. The van der Waals surface area contributed by atoms with Crippen molar-refractivity contribution < 1.29 is 9.31 Å². The number of halogens is 2. The molecule has 1 saturated heterocycles. The van der Waals surface area contributed by atoms with Gasteiger partial charge in [-0.2, -0.15) is 0 Å². The second kappa shape index (κ2) is 6.50. The Labute approximate surface area is 142 Å². The minimum absolute atomic E-state index is 0.359. The SMILES string of the molecule is CNCC(=Cc1c(Cl)ccnc1Cl)B1OC(C)(C)C(C)(C)O1. The summed E-state index contributed by atoms with van der Waals surface area (Å²) in [5.41, 5.74) is 0.795. The summed E-state index contributed by atoms with van der Waals surface area (Å²) in [6, 6.07) is 1.71. The summed E-state index contributed by atoms with van der Waals surface area (Å²) in [6.45, 7) is 8.68. The number of hydrogen-bond acceptors (Lipinski definition) is 4. The van der Waals surface area contributed by atoms with Crippen LogP contribution in [0.4, 0.5) is 0 Å². The van der Waals surface area contributed by atoms with Gasteiger partial charge < -0.3 is 14.6 Å². The molecule has 7 heteroatoms. The van der Waals surface area contributed by atoms with Crippen LogP contribution in [0.1, 0.15) is 33.3 Å². The Kier molecular flexibility index (Phi) is 5.25. The first-order valence-corrected chi connectivity index (χ1v) is 7.94.